The summed E-state index contributed by atoms with van der Waals surface area (Å²) >= 11 is 0. The lowest BCUT2D eigenvalue weighted by atomic mass is 10.2. The number of aromatic nitrogens is 2. The molecule has 0 bridgehead atoms. The minimum Gasteiger partial charge on any atom is -0.437 e. The second kappa shape index (κ2) is 5.20. The smallest absolute Gasteiger partial charge is 0.244 e. The molecule has 1 aromatic carbocycles. The first-order valence-corrected chi connectivity index (χ1v) is 6.99. The molecule has 108 valence electrons. The average molecular weight is 284 g/mol. The van der Waals surface area contributed by atoms with E-state index in [4.69, 9.17) is 4.74 Å². The summed E-state index contributed by atoms with van der Waals surface area (Å²) in [6.45, 7) is 7.15. The molecule has 0 fully saturated rings. The lowest BCUT2D eigenvalue weighted by molar-refractivity contribution is 0.464. The maximum absolute atomic E-state index is 13.0. The summed E-state index contributed by atoms with van der Waals surface area (Å²) < 4.78 is 21.0. The van der Waals surface area contributed by atoms with Crippen LogP contribution in [0.1, 0.15) is 18.2 Å². The van der Waals surface area contributed by atoms with Crippen molar-refractivity contribution in [2.24, 2.45) is 0 Å². The fourth-order valence-electron chi connectivity index (χ4n) is 2.65. The van der Waals surface area contributed by atoms with Crippen molar-refractivity contribution in [3.63, 3.8) is 0 Å². The normalized spacial score (nSPS) is 11.0. The molecule has 0 saturated heterocycles. The van der Waals surface area contributed by atoms with Crippen molar-refractivity contribution in [3.05, 3.63) is 53.6 Å². The van der Waals surface area contributed by atoms with Crippen molar-refractivity contribution in [2.75, 3.05) is 0 Å². The highest BCUT2D eigenvalue weighted by Crippen LogP contribution is 2.33. The van der Waals surface area contributed by atoms with Crippen molar-refractivity contribution in [2.45, 2.75) is 27.3 Å². The fourth-order valence-corrected chi connectivity index (χ4v) is 2.65. The van der Waals surface area contributed by atoms with E-state index in [9.17, 15) is 4.39 Å². The van der Waals surface area contributed by atoms with Crippen molar-refractivity contribution in [3.8, 4) is 11.6 Å². The molecule has 0 aliphatic rings. The zero-order chi connectivity index (χ0) is 15.0. The minimum absolute atomic E-state index is 0.280. The highest BCUT2D eigenvalue weighted by atomic mass is 19.1. The first-order chi connectivity index (χ1) is 10.1. The van der Waals surface area contributed by atoms with Gasteiger partial charge in [0, 0.05) is 23.8 Å². The molecule has 3 nitrogen and oxygen atoms in total. The van der Waals surface area contributed by atoms with Gasteiger partial charge in [0.25, 0.3) is 0 Å². The van der Waals surface area contributed by atoms with Gasteiger partial charge in [-0.05, 0) is 56.7 Å². The number of aryl methyl sites for hydroxylation is 2. The number of nitrogens with zero attached hydrogens (tertiary/aromatic N) is 2. The summed E-state index contributed by atoms with van der Waals surface area (Å²) in [4.78, 5) is 4.35. The molecule has 0 radical (unpaired) electrons. The number of hydrogen-bond acceptors (Lipinski definition) is 2. The van der Waals surface area contributed by atoms with E-state index >= 15 is 0 Å². The van der Waals surface area contributed by atoms with Gasteiger partial charge in [-0.2, -0.15) is 0 Å². The molecule has 0 N–H and O–H groups in total. The Labute approximate surface area is 123 Å². The van der Waals surface area contributed by atoms with E-state index in [1.165, 1.54) is 23.4 Å². The largest absolute Gasteiger partial charge is 0.437 e. The second-order valence-corrected chi connectivity index (χ2v) is 5.02. The van der Waals surface area contributed by atoms with Crippen molar-refractivity contribution in [1.29, 1.82) is 0 Å². The third kappa shape index (κ3) is 2.27. The van der Waals surface area contributed by atoms with Gasteiger partial charge in [-0.1, -0.05) is 0 Å². The summed E-state index contributed by atoms with van der Waals surface area (Å²) in [5.74, 6) is 0.852. The summed E-state index contributed by atoms with van der Waals surface area (Å²) in [7, 11) is 0. The SMILES string of the molecule is CCn1c(C)c(C)c2ccnc(Oc3ccc(F)cc3)c21. The summed E-state index contributed by atoms with van der Waals surface area (Å²) in [6.07, 6.45) is 1.74. The van der Waals surface area contributed by atoms with Crippen LogP contribution < -0.4 is 4.74 Å². The maximum Gasteiger partial charge on any atom is 0.244 e. The molecule has 3 aromatic rings. The molecule has 2 aromatic heterocycles. The van der Waals surface area contributed by atoms with Crippen LogP contribution in [0.3, 0.4) is 0 Å². The van der Waals surface area contributed by atoms with Gasteiger partial charge in [0.05, 0.1) is 0 Å². The monoisotopic (exact) mass is 284 g/mol. The summed E-state index contributed by atoms with van der Waals surface area (Å²) in [6, 6.07) is 7.97. The highest BCUT2D eigenvalue weighted by molar-refractivity contribution is 5.89. The van der Waals surface area contributed by atoms with Gasteiger partial charge < -0.3 is 9.30 Å². The average Bonchev–Trinajstić information content (AvgIpc) is 2.74. The molecular weight excluding hydrogens is 267 g/mol. The van der Waals surface area contributed by atoms with Gasteiger partial charge in [-0.25, -0.2) is 9.37 Å². The van der Waals surface area contributed by atoms with Crippen molar-refractivity contribution >= 4 is 10.9 Å². The van der Waals surface area contributed by atoms with Crippen LogP contribution in [0.4, 0.5) is 4.39 Å². The number of pyridine rings is 1. The van der Waals surface area contributed by atoms with E-state index in [-0.39, 0.29) is 5.82 Å². The Morgan fingerprint density at radius 1 is 1.14 bits per heavy atom. The molecule has 0 saturated carbocycles. The number of rotatable bonds is 3. The number of fused-ring (bicyclic) bond motifs is 1. The van der Waals surface area contributed by atoms with E-state index < -0.39 is 0 Å². The third-order valence-corrected chi connectivity index (χ3v) is 3.86. The van der Waals surface area contributed by atoms with Crippen LogP contribution >= 0.6 is 0 Å². The Balaban J connectivity index is 2.14. The Morgan fingerprint density at radius 3 is 2.52 bits per heavy atom. The number of hydrogen-bond donors (Lipinski definition) is 0. The topological polar surface area (TPSA) is 27.1 Å². The molecule has 0 aliphatic carbocycles. The second-order valence-electron chi connectivity index (χ2n) is 5.02. The van der Waals surface area contributed by atoms with Crippen molar-refractivity contribution in [1.82, 2.24) is 9.55 Å². The fraction of sp³-hybridized carbons (Fsp3) is 0.235. The molecule has 4 heteroatoms. The summed E-state index contributed by atoms with van der Waals surface area (Å²) in [5, 5.41) is 1.14. The Kier molecular flexibility index (Phi) is 3.37. The van der Waals surface area contributed by atoms with E-state index in [1.54, 1.807) is 18.3 Å². The van der Waals surface area contributed by atoms with Gasteiger partial charge in [0.15, 0.2) is 0 Å². The maximum atomic E-state index is 13.0. The van der Waals surface area contributed by atoms with Crippen LogP contribution in [0.25, 0.3) is 10.9 Å². The van der Waals surface area contributed by atoms with E-state index in [0.29, 0.717) is 11.6 Å². The Hall–Kier alpha value is -2.36. The minimum atomic E-state index is -0.280. The van der Waals surface area contributed by atoms with Crippen molar-refractivity contribution < 1.29 is 9.13 Å². The van der Waals surface area contributed by atoms with Crippen LogP contribution in [0.15, 0.2) is 36.5 Å². The van der Waals surface area contributed by atoms with E-state index in [1.807, 2.05) is 6.07 Å². The third-order valence-electron chi connectivity index (χ3n) is 3.86. The highest BCUT2D eigenvalue weighted by Gasteiger charge is 2.15. The van der Waals surface area contributed by atoms with Gasteiger partial charge in [-0.15, -0.1) is 0 Å². The standard InChI is InChI=1S/C17H17FN2O/c1-4-20-12(3)11(2)15-9-10-19-17(16(15)20)21-14-7-5-13(18)6-8-14/h5-10H,4H2,1-3H3. The zero-order valence-corrected chi connectivity index (χ0v) is 12.4. The van der Waals surface area contributed by atoms with Gasteiger partial charge in [-0.3, -0.25) is 0 Å². The Morgan fingerprint density at radius 2 is 1.86 bits per heavy atom. The van der Waals surface area contributed by atoms with Crippen LogP contribution in [-0.4, -0.2) is 9.55 Å². The van der Waals surface area contributed by atoms with E-state index in [2.05, 4.69) is 30.3 Å². The molecule has 3 rings (SSSR count). The molecule has 0 aliphatic heterocycles. The predicted octanol–water partition coefficient (Wildman–Crippen LogP) is 4.60. The molecule has 21 heavy (non-hydrogen) atoms. The zero-order valence-electron chi connectivity index (χ0n) is 12.4. The lowest BCUT2D eigenvalue weighted by Gasteiger charge is -2.09. The Bertz CT molecular complexity index is 791. The molecule has 0 atom stereocenters. The molecule has 0 unspecified atom stereocenters. The molecule has 2 heterocycles. The van der Waals surface area contributed by atoms with Crippen LogP contribution in [0.2, 0.25) is 0 Å². The van der Waals surface area contributed by atoms with Crippen LogP contribution in [0, 0.1) is 19.7 Å². The summed E-state index contributed by atoms with van der Waals surface area (Å²) in [5.41, 5.74) is 3.43. The quantitative estimate of drug-likeness (QED) is 0.702. The first kappa shape index (κ1) is 13.6. The number of ether oxygens (including phenoxy) is 1. The van der Waals surface area contributed by atoms with E-state index in [0.717, 1.165) is 17.4 Å². The molecule has 0 amide bonds. The van der Waals surface area contributed by atoms with Crippen LogP contribution in [0.5, 0.6) is 11.6 Å². The van der Waals surface area contributed by atoms with Gasteiger partial charge in [0.1, 0.15) is 17.1 Å². The van der Waals surface area contributed by atoms with Gasteiger partial charge in [0.2, 0.25) is 5.88 Å². The predicted molar refractivity (Wildman–Crippen MR) is 81.4 cm³/mol. The first-order valence-electron chi connectivity index (χ1n) is 6.99. The number of benzene rings is 1. The van der Waals surface area contributed by atoms with Crippen LogP contribution in [-0.2, 0) is 6.54 Å². The molecule has 0 spiro atoms. The van der Waals surface area contributed by atoms with Gasteiger partial charge >= 0.3 is 0 Å². The lowest BCUT2D eigenvalue weighted by Crippen LogP contribution is -1.99. The molecular formula is C17H17FN2O. The number of halogens is 1.